The maximum atomic E-state index is 12.5. The van der Waals surface area contributed by atoms with Crippen LogP contribution in [-0.2, 0) is 11.3 Å². The van der Waals surface area contributed by atoms with Gasteiger partial charge in [-0.15, -0.1) is 0 Å². The molecule has 1 amide bonds. The molecule has 25 heavy (non-hydrogen) atoms. The lowest BCUT2D eigenvalue weighted by molar-refractivity contribution is -0.130. The van der Waals surface area contributed by atoms with Gasteiger partial charge in [-0.25, -0.2) is 4.98 Å². The van der Waals surface area contributed by atoms with E-state index in [1.54, 1.807) is 25.2 Å². The Morgan fingerprint density at radius 2 is 2.20 bits per heavy atom. The summed E-state index contributed by atoms with van der Waals surface area (Å²) in [7, 11) is 3.33. The smallest absolute Gasteiger partial charge is 0.222 e. The van der Waals surface area contributed by atoms with Gasteiger partial charge >= 0.3 is 0 Å². The highest BCUT2D eigenvalue weighted by Gasteiger charge is 2.29. The molecule has 7 heteroatoms. The Balaban J connectivity index is 1.56. The van der Waals surface area contributed by atoms with Gasteiger partial charge in [0.15, 0.2) is 0 Å². The van der Waals surface area contributed by atoms with Crippen molar-refractivity contribution < 1.29 is 14.3 Å². The van der Waals surface area contributed by atoms with E-state index >= 15 is 0 Å². The van der Waals surface area contributed by atoms with Crippen LogP contribution in [0.2, 0.25) is 0 Å². The van der Waals surface area contributed by atoms with E-state index in [1.165, 1.54) is 6.33 Å². The summed E-state index contributed by atoms with van der Waals surface area (Å²) in [4.78, 5) is 18.3. The SMILES string of the molecule is COc1ccc(OC)c(C2CCN(C(=O)CCCn3cncn3)C2)c1. The van der Waals surface area contributed by atoms with Gasteiger partial charge < -0.3 is 14.4 Å². The second kappa shape index (κ2) is 8.00. The van der Waals surface area contributed by atoms with Gasteiger partial charge in [0.05, 0.1) is 14.2 Å². The lowest BCUT2D eigenvalue weighted by Crippen LogP contribution is -2.28. The summed E-state index contributed by atoms with van der Waals surface area (Å²) in [5, 5.41) is 4.05. The zero-order valence-electron chi connectivity index (χ0n) is 14.7. The molecule has 1 aliphatic heterocycles. The number of nitrogens with zero attached hydrogens (tertiary/aromatic N) is 4. The number of benzene rings is 1. The van der Waals surface area contributed by atoms with Crippen molar-refractivity contribution in [2.45, 2.75) is 31.7 Å². The van der Waals surface area contributed by atoms with E-state index in [2.05, 4.69) is 10.1 Å². The van der Waals surface area contributed by atoms with Crippen LogP contribution in [0.4, 0.5) is 0 Å². The van der Waals surface area contributed by atoms with Crippen LogP contribution < -0.4 is 9.47 Å². The van der Waals surface area contributed by atoms with Crippen LogP contribution in [0, 0.1) is 0 Å². The summed E-state index contributed by atoms with van der Waals surface area (Å²) >= 11 is 0. The van der Waals surface area contributed by atoms with Crippen molar-refractivity contribution >= 4 is 5.91 Å². The second-order valence-corrected chi connectivity index (χ2v) is 6.20. The van der Waals surface area contributed by atoms with Crippen molar-refractivity contribution in [3.8, 4) is 11.5 Å². The van der Waals surface area contributed by atoms with Crippen LogP contribution in [-0.4, -0.2) is 52.9 Å². The number of carbonyl (C=O) groups excluding carboxylic acids is 1. The molecule has 1 fully saturated rings. The molecule has 0 saturated carbocycles. The molecule has 3 rings (SSSR count). The van der Waals surface area contributed by atoms with Crippen LogP contribution >= 0.6 is 0 Å². The zero-order chi connectivity index (χ0) is 17.6. The van der Waals surface area contributed by atoms with E-state index in [9.17, 15) is 4.79 Å². The van der Waals surface area contributed by atoms with Gasteiger partial charge in [-0.3, -0.25) is 9.48 Å². The molecule has 134 valence electrons. The number of aromatic nitrogens is 3. The predicted molar refractivity (Wildman–Crippen MR) is 92.7 cm³/mol. The van der Waals surface area contributed by atoms with Crippen LogP contribution in [0.5, 0.6) is 11.5 Å². The third-order valence-corrected chi connectivity index (χ3v) is 4.66. The summed E-state index contributed by atoms with van der Waals surface area (Å²) in [6, 6.07) is 5.84. The zero-order valence-corrected chi connectivity index (χ0v) is 14.7. The molecule has 1 aliphatic rings. The maximum absolute atomic E-state index is 12.5. The molecule has 0 radical (unpaired) electrons. The number of carbonyl (C=O) groups is 1. The molecule has 1 aromatic carbocycles. The Hall–Kier alpha value is -2.57. The van der Waals surface area contributed by atoms with E-state index in [1.807, 2.05) is 23.1 Å². The van der Waals surface area contributed by atoms with E-state index in [0.29, 0.717) is 13.0 Å². The van der Waals surface area contributed by atoms with Gasteiger partial charge in [0.25, 0.3) is 0 Å². The number of ether oxygens (including phenoxy) is 2. The molecular weight excluding hydrogens is 320 g/mol. The Morgan fingerprint density at radius 3 is 2.92 bits per heavy atom. The molecule has 0 aliphatic carbocycles. The third-order valence-electron chi connectivity index (χ3n) is 4.66. The van der Waals surface area contributed by atoms with Crippen molar-refractivity contribution in [3.05, 3.63) is 36.4 Å². The predicted octanol–water partition coefficient (Wildman–Crippen LogP) is 2.09. The van der Waals surface area contributed by atoms with Crippen molar-refractivity contribution in [3.63, 3.8) is 0 Å². The molecule has 1 saturated heterocycles. The van der Waals surface area contributed by atoms with Crippen molar-refractivity contribution in [1.82, 2.24) is 19.7 Å². The number of amides is 1. The molecule has 2 heterocycles. The summed E-state index contributed by atoms with van der Waals surface area (Å²) in [6.45, 7) is 2.23. The fourth-order valence-electron chi connectivity index (χ4n) is 3.30. The molecule has 0 N–H and O–H groups in total. The number of methoxy groups -OCH3 is 2. The van der Waals surface area contributed by atoms with Gasteiger partial charge in [-0.1, -0.05) is 0 Å². The molecule has 2 aromatic rings. The lowest BCUT2D eigenvalue weighted by atomic mass is 9.97. The first-order chi connectivity index (χ1) is 12.2. The summed E-state index contributed by atoms with van der Waals surface area (Å²) in [6.07, 6.45) is 5.42. The molecule has 1 unspecified atom stereocenters. The second-order valence-electron chi connectivity index (χ2n) is 6.20. The van der Waals surface area contributed by atoms with E-state index < -0.39 is 0 Å². The van der Waals surface area contributed by atoms with E-state index in [0.717, 1.165) is 43.0 Å². The normalized spacial score (nSPS) is 16.9. The van der Waals surface area contributed by atoms with Gasteiger partial charge in [-0.05, 0) is 31.0 Å². The average Bonchev–Trinajstić information content (AvgIpc) is 3.33. The van der Waals surface area contributed by atoms with Crippen molar-refractivity contribution in [2.75, 3.05) is 27.3 Å². The first kappa shape index (κ1) is 17.3. The standard InChI is InChI=1S/C18H24N4O3/c1-24-15-5-6-17(25-2)16(10-15)14-7-9-21(11-14)18(23)4-3-8-22-13-19-12-20-22/h5-6,10,12-14H,3-4,7-9,11H2,1-2H3. The fraction of sp³-hybridized carbons (Fsp3) is 0.500. The Kier molecular flexibility index (Phi) is 5.53. The van der Waals surface area contributed by atoms with Crippen LogP contribution in [0.15, 0.2) is 30.9 Å². The van der Waals surface area contributed by atoms with Gasteiger partial charge in [0.2, 0.25) is 5.91 Å². The highest BCUT2D eigenvalue weighted by Crippen LogP contribution is 2.36. The largest absolute Gasteiger partial charge is 0.497 e. The molecule has 1 atom stereocenters. The quantitative estimate of drug-likeness (QED) is 0.769. The fourth-order valence-corrected chi connectivity index (χ4v) is 3.30. The monoisotopic (exact) mass is 344 g/mol. The van der Waals surface area contributed by atoms with Gasteiger partial charge in [-0.2, -0.15) is 5.10 Å². The van der Waals surface area contributed by atoms with Crippen molar-refractivity contribution in [1.29, 1.82) is 0 Å². The average molecular weight is 344 g/mol. The van der Waals surface area contributed by atoms with Crippen LogP contribution in [0.3, 0.4) is 0 Å². The van der Waals surface area contributed by atoms with E-state index in [4.69, 9.17) is 9.47 Å². The van der Waals surface area contributed by atoms with Gasteiger partial charge in [0.1, 0.15) is 24.2 Å². The topological polar surface area (TPSA) is 69.5 Å². The number of aryl methyl sites for hydroxylation is 1. The maximum Gasteiger partial charge on any atom is 0.222 e. The molecule has 1 aromatic heterocycles. The van der Waals surface area contributed by atoms with Crippen LogP contribution in [0.1, 0.15) is 30.7 Å². The highest BCUT2D eigenvalue weighted by atomic mass is 16.5. The Morgan fingerprint density at radius 1 is 1.32 bits per heavy atom. The first-order valence-corrected chi connectivity index (χ1v) is 8.53. The lowest BCUT2D eigenvalue weighted by Gasteiger charge is -2.18. The van der Waals surface area contributed by atoms with Crippen LogP contribution in [0.25, 0.3) is 0 Å². The molecule has 0 bridgehead atoms. The molecule has 7 nitrogen and oxygen atoms in total. The number of hydrogen-bond donors (Lipinski definition) is 0. The van der Waals surface area contributed by atoms with Gasteiger partial charge in [0, 0.05) is 37.5 Å². The minimum Gasteiger partial charge on any atom is -0.497 e. The highest BCUT2D eigenvalue weighted by molar-refractivity contribution is 5.76. The Labute approximate surface area is 147 Å². The molecule has 0 spiro atoms. The Bertz CT molecular complexity index is 702. The molecular formula is C18H24N4O3. The third kappa shape index (κ3) is 4.10. The minimum absolute atomic E-state index is 0.199. The minimum atomic E-state index is 0.199. The summed E-state index contributed by atoms with van der Waals surface area (Å²) in [5.74, 6) is 2.15. The van der Waals surface area contributed by atoms with Crippen molar-refractivity contribution in [2.24, 2.45) is 0 Å². The number of likely N-dealkylation sites (tertiary alicyclic amines) is 1. The number of hydrogen-bond acceptors (Lipinski definition) is 5. The number of rotatable bonds is 7. The van der Waals surface area contributed by atoms with E-state index in [-0.39, 0.29) is 11.8 Å². The summed E-state index contributed by atoms with van der Waals surface area (Å²) < 4.78 is 12.6. The first-order valence-electron chi connectivity index (χ1n) is 8.53. The summed E-state index contributed by atoms with van der Waals surface area (Å²) in [5.41, 5.74) is 1.11.